The maximum atomic E-state index is 12.9. The first kappa shape index (κ1) is 26.6. The lowest BCUT2D eigenvalue weighted by molar-refractivity contribution is 0.0996. The molecule has 5 aromatic rings. The molecule has 0 spiro atoms. The smallest absolute Gasteiger partial charge is 0.234 e. The third kappa shape index (κ3) is 6.88. The van der Waals surface area contributed by atoms with Crippen LogP contribution in [0.3, 0.4) is 0 Å². The Hall–Kier alpha value is -4.05. The molecular weight excluding hydrogens is 555 g/mol. The number of hydrogen-bond donors (Lipinski definition) is 2. The third-order valence-electron chi connectivity index (χ3n) is 5.60. The SMILES string of the molecule is Cc1nc(Nc2ccc(Oc3ccc(Cl)cc3)cc2)nc(Nc2ncc(C(=O)Cc3c(C)cccc3Cl)s2)n1. The van der Waals surface area contributed by atoms with Gasteiger partial charge in [0.2, 0.25) is 11.9 Å². The molecule has 0 saturated carbocycles. The summed E-state index contributed by atoms with van der Waals surface area (Å²) in [5.41, 5.74) is 2.57. The van der Waals surface area contributed by atoms with Gasteiger partial charge < -0.3 is 10.1 Å². The first-order chi connectivity index (χ1) is 18.8. The largest absolute Gasteiger partial charge is 0.457 e. The number of anilines is 4. The third-order valence-corrected chi connectivity index (χ3v) is 7.16. The number of ketones is 1. The van der Waals surface area contributed by atoms with Gasteiger partial charge in [-0.25, -0.2) is 4.98 Å². The van der Waals surface area contributed by atoms with Gasteiger partial charge in [0.15, 0.2) is 10.9 Å². The van der Waals surface area contributed by atoms with E-state index in [0.717, 1.165) is 16.8 Å². The lowest BCUT2D eigenvalue weighted by Gasteiger charge is -2.09. The van der Waals surface area contributed by atoms with Crippen LogP contribution in [-0.2, 0) is 6.42 Å². The van der Waals surface area contributed by atoms with Gasteiger partial charge in [0.05, 0.1) is 11.1 Å². The average molecular weight is 577 g/mol. The van der Waals surface area contributed by atoms with Gasteiger partial charge >= 0.3 is 0 Å². The average Bonchev–Trinajstić information content (AvgIpc) is 3.37. The lowest BCUT2D eigenvalue weighted by atomic mass is 10.0. The second-order valence-corrected chi connectivity index (χ2v) is 10.4. The Morgan fingerprint density at radius 2 is 1.54 bits per heavy atom. The molecule has 3 aromatic carbocycles. The molecule has 39 heavy (non-hydrogen) atoms. The van der Waals surface area contributed by atoms with Crippen molar-refractivity contribution in [2.75, 3.05) is 10.6 Å². The predicted octanol–water partition coefficient (Wildman–Crippen LogP) is 7.96. The number of carbonyl (C=O) groups is 1. The number of rotatable bonds is 9. The van der Waals surface area contributed by atoms with Crippen molar-refractivity contribution < 1.29 is 9.53 Å². The maximum Gasteiger partial charge on any atom is 0.234 e. The number of hydrogen-bond acceptors (Lipinski definition) is 9. The molecule has 2 N–H and O–H groups in total. The summed E-state index contributed by atoms with van der Waals surface area (Å²) < 4.78 is 5.83. The highest BCUT2D eigenvalue weighted by Crippen LogP contribution is 2.27. The van der Waals surface area contributed by atoms with E-state index in [4.69, 9.17) is 27.9 Å². The van der Waals surface area contributed by atoms with Crippen LogP contribution in [-0.4, -0.2) is 25.7 Å². The van der Waals surface area contributed by atoms with Crippen LogP contribution >= 0.6 is 34.5 Å². The van der Waals surface area contributed by atoms with Gasteiger partial charge in [0, 0.05) is 22.2 Å². The minimum atomic E-state index is -0.0607. The molecule has 0 unspecified atom stereocenters. The fourth-order valence-corrected chi connectivity index (χ4v) is 4.82. The number of thiazole rings is 1. The van der Waals surface area contributed by atoms with E-state index in [-0.39, 0.29) is 12.2 Å². The Balaban J connectivity index is 1.24. The molecule has 11 heteroatoms. The topological polar surface area (TPSA) is 102 Å². The number of benzene rings is 3. The molecule has 196 valence electrons. The van der Waals surface area contributed by atoms with E-state index in [1.54, 1.807) is 43.5 Å². The monoisotopic (exact) mass is 576 g/mol. The zero-order valence-electron chi connectivity index (χ0n) is 20.9. The van der Waals surface area contributed by atoms with Gasteiger partial charge in [-0.2, -0.15) is 15.0 Å². The first-order valence-corrected chi connectivity index (χ1v) is 13.4. The molecule has 2 aromatic heterocycles. The molecule has 2 heterocycles. The van der Waals surface area contributed by atoms with Gasteiger partial charge in [0.1, 0.15) is 17.3 Å². The van der Waals surface area contributed by atoms with E-state index in [1.165, 1.54) is 11.3 Å². The van der Waals surface area contributed by atoms with Crippen molar-refractivity contribution in [2.24, 2.45) is 0 Å². The quantitative estimate of drug-likeness (QED) is 0.170. The Bertz CT molecular complexity index is 1600. The van der Waals surface area contributed by atoms with Gasteiger partial charge in [-0.3, -0.25) is 10.1 Å². The molecular formula is C28H22Cl2N6O2S. The second kappa shape index (κ2) is 11.8. The highest BCUT2D eigenvalue weighted by Gasteiger charge is 2.16. The highest BCUT2D eigenvalue weighted by atomic mass is 35.5. The van der Waals surface area contributed by atoms with E-state index in [9.17, 15) is 4.79 Å². The van der Waals surface area contributed by atoms with Crippen molar-refractivity contribution >= 4 is 63.0 Å². The van der Waals surface area contributed by atoms with E-state index >= 15 is 0 Å². The van der Waals surface area contributed by atoms with Crippen LogP contribution in [0.15, 0.2) is 72.9 Å². The lowest BCUT2D eigenvalue weighted by Crippen LogP contribution is -2.05. The van der Waals surface area contributed by atoms with Gasteiger partial charge in [0.25, 0.3) is 0 Å². The summed E-state index contributed by atoms with van der Waals surface area (Å²) in [6.07, 6.45) is 1.75. The zero-order valence-corrected chi connectivity index (χ0v) is 23.2. The van der Waals surface area contributed by atoms with E-state index in [2.05, 4.69) is 30.6 Å². The zero-order chi connectivity index (χ0) is 27.4. The predicted molar refractivity (Wildman–Crippen MR) is 155 cm³/mol. The van der Waals surface area contributed by atoms with Crippen molar-refractivity contribution in [1.29, 1.82) is 0 Å². The highest BCUT2D eigenvalue weighted by molar-refractivity contribution is 7.17. The van der Waals surface area contributed by atoms with Crippen LogP contribution < -0.4 is 15.4 Å². The second-order valence-electron chi connectivity index (χ2n) is 8.53. The number of carbonyl (C=O) groups excluding carboxylic acids is 1. The fraction of sp³-hybridized carbons (Fsp3) is 0.107. The van der Waals surface area contributed by atoms with E-state index < -0.39 is 0 Å². The Morgan fingerprint density at radius 1 is 0.872 bits per heavy atom. The summed E-state index contributed by atoms with van der Waals surface area (Å²) in [6.45, 7) is 3.70. The van der Waals surface area contributed by atoms with E-state index in [1.807, 2.05) is 43.3 Å². The number of aromatic nitrogens is 4. The van der Waals surface area contributed by atoms with Crippen LogP contribution in [0.25, 0.3) is 0 Å². The normalized spacial score (nSPS) is 10.8. The van der Waals surface area contributed by atoms with Crippen molar-refractivity contribution in [1.82, 2.24) is 19.9 Å². The summed E-state index contributed by atoms with van der Waals surface area (Å²) >= 11 is 13.4. The van der Waals surface area contributed by atoms with Crippen LogP contribution in [0.2, 0.25) is 10.0 Å². The van der Waals surface area contributed by atoms with Crippen LogP contribution in [0, 0.1) is 13.8 Å². The molecule has 0 saturated heterocycles. The molecule has 0 aliphatic carbocycles. The van der Waals surface area contributed by atoms with Gasteiger partial charge in [-0.15, -0.1) is 0 Å². The molecule has 5 rings (SSSR count). The minimum Gasteiger partial charge on any atom is -0.457 e. The van der Waals surface area contributed by atoms with Crippen molar-refractivity contribution in [3.63, 3.8) is 0 Å². The van der Waals surface area contributed by atoms with Crippen LogP contribution in [0.4, 0.5) is 22.7 Å². The maximum absolute atomic E-state index is 12.9. The molecule has 0 amide bonds. The molecule has 0 radical (unpaired) electrons. The van der Waals surface area contributed by atoms with Crippen molar-refractivity contribution in [3.05, 3.63) is 105 Å². The Morgan fingerprint density at radius 3 is 2.23 bits per heavy atom. The van der Waals surface area contributed by atoms with Crippen LogP contribution in [0.5, 0.6) is 11.5 Å². The van der Waals surface area contributed by atoms with Gasteiger partial charge in [-0.05, 0) is 79.6 Å². The molecule has 0 bridgehead atoms. The Labute approximate surface area is 239 Å². The number of Topliss-reactive ketones (excluding diaryl/α,β-unsaturated/α-hetero) is 1. The fourth-order valence-electron chi connectivity index (χ4n) is 3.66. The number of nitrogens with one attached hydrogen (secondary N) is 2. The summed E-state index contributed by atoms with van der Waals surface area (Å²) in [5, 5.41) is 7.97. The molecule has 0 aliphatic rings. The number of nitrogens with zero attached hydrogens (tertiary/aromatic N) is 4. The summed E-state index contributed by atoms with van der Waals surface area (Å²) in [7, 11) is 0. The standard InChI is InChI=1S/C28H22Cl2N6O2S/c1-16-4-3-5-23(30)22(16)14-24(37)25-15-31-28(39-25)36-27-33-17(2)32-26(35-27)34-19-8-12-21(13-9-19)38-20-10-6-18(29)7-11-20/h3-13,15H,14H2,1-2H3,(H2,31,32,33,34,35,36). The number of halogens is 2. The van der Waals surface area contributed by atoms with Gasteiger partial charge in [-0.1, -0.05) is 46.7 Å². The van der Waals surface area contributed by atoms with Crippen LogP contribution in [0.1, 0.15) is 26.6 Å². The molecule has 0 fully saturated rings. The van der Waals surface area contributed by atoms with E-state index in [0.29, 0.717) is 49.3 Å². The number of aryl methyl sites for hydroxylation is 2. The molecule has 8 nitrogen and oxygen atoms in total. The molecule has 0 atom stereocenters. The summed E-state index contributed by atoms with van der Waals surface area (Å²) in [5.74, 6) is 2.49. The van der Waals surface area contributed by atoms with Crippen molar-refractivity contribution in [3.8, 4) is 11.5 Å². The number of ether oxygens (including phenoxy) is 1. The van der Waals surface area contributed by atoms with Crippen molar-refractivity contribution in [2.45, 2.75) is 20.3 Å². The Kier molecular flexibility index (Phi) is 8.02. The minimum absolute atomic E-state index is 0.0607. The summed E-state index contributed by atoms with van der Waals surface area (Å²) in [6, 6.07) is 20.1. The summed E-state index contributed by atoms with van der Waals surface area (Å²) in [4.78, 5) is 30.8. The first-order valence-electron chi connectivity index (χ1n) is 11.9. The molecule has 0 aliphatic heterocycles.